The van der Waals surface area contributed by atoms with Crippen LogP contribution in [0.2, 0.25) is 0 Å². The summed E-state index contributed by atoms with van der Waals surface area (Å²) in [7, 11) is 0. The van der Waals surface area contributed by atoms with Crippen LogP contribution in [0.4, 0.5) is 0 Å². The van der Waals surface area contributed by atoms with Crippen LogP contribution in [0.25, 0.3) is 0 Å². The van der Waals surface area contributed by atoms with Crippen molar-refractivity contribution in [2.24, 2.45) is 11.8 Å². The van der Waals surface area contributed by atoms with Gasteiger partial charge in [0.2, 0.25) is 5.91 Å². The van der Waals surface area contributed by atoms with Crippen LogP contribution in [-0.2, 0) is 4.79 Å². The Balaban J connectivity index is 1.82. The summed E-state index contributed by atoms with van der Waals surface area (Å²) in [6, 6.07) is 1.94. The number of nitrogens with zero attached hydrogens (tertiary/aromatic N) is 2. The van der Waals surface area contributed by atoms with Gasteiger partial charge in [0.25, 0.3) is 0 Å². The molecule has 0 unspecified atom stereocenters. The molecule has 0 aromatic rings. The zero-order valence-corrected chi connectivity index (χ0v) is 8.41. The normalized spacial score (nSPS) is 20.2. The summed E-state index contributed by atoms with van der Waals surface area (Å²) >= 11 is 0. The maximum absolute atomic E-state index is 11.6. The van der Waals surface area contributed by atoms with E-state index in [1.165, 1.54) is 25.7 Å². The van der Waals surface area contributed by atoms with E-state index in [0.717, 1.165) is 24.9 Å². The molecule has 3 nitrogen and oxygen atoms in total. The molecular weight excluding hydrogens is 176 g/mol. The van der Waals surface area contributed by atoms with Gasteiger partial charge < -0.3 is 4.90 Å². The minimum Gasteiger partial charge on any atom is -0.341 e. The van der Waals surface area contributed by atoms with Gasteiger partial charge in [0, 0.05) is 13.1 Å². The van der Waals surface area contributed by atoms with Gasteiger partial charge in [0.1, 0.15) is 6.42 Å². The monoisotopic (exact) mass is 192 g/mol. The standard InChI is InChI=1S/C11H16N2O/c12-6-5-11(14)13(7-9-1-2-9)8-10-3-4-10/h9-10H,1-5,7-8H2. The third kappa shape index (κ3) is 2.73. The number of carbonyl (C=O) groups is 1. The van der Waals surface area contributed by atoms with E-state index in [2.05, 4.69) is 0 Å². The van der Waals surface area contributed by atoms with Crippen molar-refractivity contribution >= 4 is 5.91 Å². The number of nitriles is 1. The van der Waals surface area contributed by atoms with Crippen molar-refractivity contribution in [2.45, 2.75) is 32.1 Å². The molecule has 0 saturated heterocycles. The van der Waals surface area contributed by atoms with Crippen molar-refractivity contribution in [1.29, 1.82) is 5.26 Å². The Bertz CT molecular complexity index is 247. The minimum absolute atomic E-state index is 0.0336. The first kappa shape index (κ1) is 9.51. The van der Waals surface area contributed by atoms with E-state index in [0.29, 0.717) is 0 Å². The molecule has 0 N–H and O–H groups in total. The molecule has 0 heterocycles. The van der Waals surface area contributed by atoms with E-state index in [1.54, 1.807) is 0 Å². The van der Waals surface area contributed by atoms with E-state index in [1.807, 2.05) is 11.0 Å². The second kappa shape index (κ2) is 4.00. The van der Waals surface area contributed by atoms with Crippen LogP contribution in [0.1, 0.15) is 32.1 Å². The lowest BCUT2D eigenvalue weighted by Gasteiger charge is -2.21. The van der Waals surface area contributed by atoms with Crippen LogP contribution in [0.5, 0.6) is 0 Å². The van der Waals surface area contributed by atoms with Crippen LogP contribution in [0.15, 0.2) is 0 Å². The lowest BCUT2D eigenvalue weighted by molar-refractivity contribution is -0.130. The average molecular weight is 192 g/mol. The molecule has 2 saturated carbocycles. The summed E-state index contributed by atoms with van der Waals surface area (Å²) in [6.07, 6.45) is 5.11. The maximum atomic E-state index is 11.6. The Morgan fingerprint density at radius 2 is 1.71 bits per heavy atom. The Kier molecular flexibility index (Phi) is 2.72. The molecule has 3 heteroatoms. The van der Waals surface area contributed by atoms with E-state index in [-0.39, 0.29) is 12.3 Å². The van der Waals surface area contributed by atoms with Crippen molar-refractivity contribution in [3.8, 4) is 6.07 Å². The summed E-state index contributed by atoms with van der Waals surface area (Å²) in [5.41, 5.74) is 0. The number of carbonyl (C=O) groups excluding carboxylic acids is 1. The molecular formula is C11H16N2O. The third-order valence-corrected chi connectivity index (χ3v) is 2.93. The predicted molar refractivity (Wildman–Crippen MR) is 52.3 cm³/mol. The van der Waals surface area contributed by atoms with Gasteiger partial charge in [-0.25, -0.2) is 0 Å². The molecule has 14 heavy (non-hydrogen) atoms. The first-order valence-electron chi connectivity index (χ1n) is 5.44. The fraction of sp³-hybridized carbons (Fsp3) is 0.818. The molecule has 2 rings (SSSR count). The van der Waals surface area contributed by atoms with Gasteiger partial charge in [0.05, 0.1) is 6.07 Å². The summed E-state index contributed by atoms with van der Waals surface area (Å²) in [5, 5.41) is 8.49. The SMILES string of the molecule is N#CCC(=O)N(CC1CC1)CC1CC1. The van der Waals surface area contributed by atoms with Crippen LogP contribution < -0.4 is 0 Å². The molecule has 0 aliphatic heterocycles. The van der Waals surface area contributed by atoms with Gasteiger partial charge in [-0.2, -0.15) is 5.26 Å². The minimum atomic E-state index is 0.0336. The van der Waals surface area contributed by atoms with Crippen molar-refractivity contribution in [3.05, 3.63) is 0 Å². The quantitative estimate of drug-likeness (QED) is 0.663. The molecule has 0 aromatic heterocycles. The number of hydrogen-bond acceptors (Lipinski definition) is 2. The molecule has 0 radical (unpaired) electrons. The third-order valence-electron chi connectivity index (χ3n) is 2.93. The fourth-order valence-electron chi connectivity index (χ4n) is 1.68. The molecule has 2 aliphatic rings. The Hall–Kier alpha value is -1.04. The number of amides is 1. The predicted octanol–water partition coefficient (Wildman–Crippen LogP) is 1.55. The smallest absolute Gasteiger partial charge is 0.236 e. The van der Waals surface area contributed by atoms with Gasteiger partial charge in [-0.1, -0.05) is 0 Å². The van der Waals surface area contributed by atoms with Crippen LogP contribution in [0.3, 0.4) is 0 Å². The van der Waals surface area contributed by atoms with Crippen LogP contribution in [-0.4, -0.2) is 23.9 Å². The maximum Gasteiger partial charge on any atom is 0.236 e. The van der Waals surface area contributed by atoms with Gasteiger partial charge in [0.15, 0.2) is 0 Å². The van der Waals surface area contributed by atoms with Crippen molar-refractivity contribution in [1.82, 2.24) is 4.90 Å². The van der Waals surface area contributed by atoms with Gasteiger partial charge in [-0.15, -0.1) is 0 Å². The average Bonchev–Trinajstić information content (AvgIpc) is 2.97. The topological polar surface area (TPSA) is 44.1 Å². The fourth-order valence-corrected chi connectivity index (χ4v) is 1.68. The second-order valence-electron chi connectivity index (χ2n) is 4.52. The van der Waals surface area contributed by atoms with E-state index in [9.17, 15) is 4.79 Å². The molecule has 2 fully saturated rings. The highest BCUT2D eigenvalue weighted by Gasteiger charge is 2.31. The molecule has 0 atom stereocenters. The van der Waals surface area contributed by atoms with E-state index < -0.39 is 0 Å². The summed E-state index contributed by atoms with van der Waals surface area (Å²) in [4.78, 5) is 13.5. The molecule has 2 aliphatic carbocycles. The lowest BCUT2D eigenvalue weighted by Crippen LogP contribution is -2.34. The van der Waals surface area contributed by atoms with Crippen LogP contribution >= 0.6 is 0 Å². The second-order valence-corrected chi connectivity index (χ2v) is 4.52. The van der Waals surface area contributed by atoms with Gasteiger partial charge >= 0.3 is 0 Å². The number of hydrogen-bond donors (Lipinski definition) is 0. The Morgan fingerprint density at radius 1 is 1.21 bits per heavy atom. The molecule has 1 amide bonds. The van der Waals surface area contributed by atoms with E-state index in [4.69, 9.17) is 5.26 Å². The van der Waals surface area contributed by atoms with Crippen molar-refractivity contribution < 1.29 is 4.79 Å². The summed E-state index contributed by atoms with van der Waals surface area (Å²) in [6.45, 7) is 1.80. The zero-order valence-electron chi connectivity index (χ0n) is 8.41. The number of rotatable bonds is 5. The Labute approximate surface area is 84.7 Å². The van der Waals surface area contributed by atoms with Gasteiger partial charge in [-0.05, 0) is 37.5 Å². The largest absolute Gasteiger partial charge is 0.341 e. The highest BCUT2D eigenvalue weighted by atomic mass is 16.2. The summed E-state index contributed by atoms with van der Waals surface area (Å²) < 4.78 is 0. The van der Waals surface area contributed by atoms with Crippen LogP contribution in [0, 0.1) is 23.2 Å². The zero-order chi connectivity index (χ0) is 9.97. The highest BCUT2D eigenvalue weighted by Crippen LogP contribution is 2.33. The summed E-state index contributed by atoms with van der Waals surface area (Å²) in [5.74, 6) is 1.50. The van der Waals surface area contributed by atoms with Crippen molar-refractivity contribution in [3.63, 3.8) is 0 Å². The highest BCUT2D eigenvalue weighted by molar-refractivity contribution is 5.78. The molecule has 76 valence electrons. The van der Waals surface area contributed by atoms with Gasteiger partial charge in [-0.3, -0.25) is 4.79 Å². The Morgan fingerprint density at radius 3 is 2.07 bits per heavy atom. The van der Waals surface area contributed by atoms with Crippen molar-refractivity contribution in [2.75, 3.05) is 13.1 Å². The molecule has 0 spiro atoms. The van der Waals surface area contributed by atoms with E-state index >= 15 is 0 Å². The lowest BCUT2D eigenvalue weighted by atomic mass is 10.3. The first-order valence-corrected chi connectivity index (χ1v) is 5.44. The molecule has 0 bridgehead atoms. The molecule has 0 aromatic carbocycles. The first-order chi connectivity index (χ1) is 6.79.